The lowest BCUT2D eigenvalue weighted by Gasteiger charge is -2.37. The number of rotatable bonds is 12. The fraction of sp³-hybridized carbons (Fsp3) is 0.293. The van der Waals surface area contributed by atoms with E-state index in [9.17, 15) is 0 Å². The van der Waals surface area contributed by atoms with Gasteiger partial charge in [0.25, 0.3) is 0 Å². The number of aryl methyl sites for hydroxylation is 2. The van der Waals surface area contributed by atoms with Crippen LogP contribution in [-0.2, 0) is 5.41 Å². The van der Waals surface area contributed by atoms with E-state index in [-0.39, 0.29) is 54.7 Å². The Morgan fingerprint density at radius 2 is 0.456 bits per heavy atom. The molecule has 16 heteroatoms. The first-order chi connectivity index (χ1) is 71.6. The van der Waals surface area contributed by atoms with Crippen LogP contribution in [0.4, 0.5) is 136 Å². The minimum atomic E-state index is -0.105. The van der Waals surface area contributed by atoms with E-state index in [1.165, 1.54) is 236 Å². The number of anilines is 24. The molecule has 8 heterocycles. The molecule has 16 aromatic carbocycles. The molecular formula is C133H146N16. The van der Waals surface area contributed by atoms with E-state index < -0.39 is 0 Å². The summed E-state index contributed by atoms with van der Waals surface area (Å²) in [5.74, 6) is 0.846. The van der Waals surface area contributed by atoms with E-state index in [1.807, 2.05) is 0 Å². The Kier molecular flexibility index (Phi) is 24.9. The third-order valence-electron chi connectivity index (χ3n) is 35.1. The van der Waals surface area contributed by atoms with Crippen LogP contribution in [0.15, 0.2) is 315 Å². The van der Waals surface area contributed by atoms with Gasteiger partial charge in [-0.1, -0.05) is 224 Å². The van der Waals surface area contributed by atoms with Gasteiger partial charge < -0.3 is 78.4 Å². The average Bonchev–Trinajstić information content (AvgIpc) is 1.52. The summed E-state index contributed by atoms with van der Waals surface area (Å²) in [6, 6.07) is 116. The van der Waals surface area contributed by atoms with Gasteiger partial charge in [-0.15, -0.1) is 0 Å². The van der Waals surface area contributed by atoms with Gasteiger partial charge in [0.15, 0.2) is 0 Å². The third kappa shape index (κ3) is 15.4. The monoisotopic (exact) mass is 1970 g/mol. The van der Waals surface area contributed by atoms with Crippen LogP contribution in [-0.4, -0.2) is 106 Å². The molecule has 0 fully saturated rings. The fourth-order valence-corrected chi connectivity index (χ4v) is 26.3. The van der Waals surface area contributed by atoms with Crippen LogP contribution >= 0.6 is 0 Å². The molecule has 0 N–H and O–H groups in total. The van der Waals surface area contributed by atoms with Crippen molar-refractivity contribution in [2.75, 3.05) is 135 Å². The summed E-state index contributed by atoms with van der Waals surface area (Å²) >= 11 is 0. The van der Waals surface area contributed by atoms with E-state index in [4.69, 9.17) is 0 Å². The average molecular weight is 1970 g/mol. The van der Waals surface area contributed by atoms with Crippen molar-refractivity contribution >= 4 is 147 Å². The number of hydrogen-bond acceptors (Lipinski definition) is 16. The van der Waals surface area contributed by atoms with Gasteiger partial charge in [0.1, 0.15) is 49.3 Å². The molecule has 25 rings (SSSR count). The molecule has 149 heavy (non-hydrogen) atoms. The van der Waals surface area contributed by atoms with Crippen molar-refractivity contribution in [3.8, 4) is 33.4 Å². The van der Waals surface area contributed by atoms with Crippen molar-refractivity contribution in [2.45, 2.75) is 205 Å². The zero-order chi connectivity index (χ0) is 105. The topological polar surface area (TPSA) is 51.8 Å². The summed E-state index contributed by atoms with van der Waals surface area (Å²) in [5.41, 5.74) is 52.0. The Bertz CT molecular complexity index is 7710. The van der Waals surface area contributed by atoms with Gasteiger partial charge in [0.2, 0.25) is 0 Å². The zero-order valence-corrected chi connectivity index (χ0v) is 92.5. The first-order valence-corrected chi connectivity index (χ1v) is 53.8. The molecule has 16 aromatic rings. The summed E-state index contributed by atoms with van der Waals surface area (Å²) in [4.78, 5) is 39.3. The maximum atomic E-state index is 2.59. The van der Waals surface area contributed by atoms with Crippen molar-refractivity contribution in [2.24, 2.45) is 0 Å². The van der Waals surface area contributed by atoms with E-state index in [2.05, 4.69) is 589 Å². The minimum Gasteiger partial charge on any atom is -0.353 e. The van der Waals surface area contributed by atoms with Gasteiger partial charge in [-0.25, -0.2) is 0 Å². The van der Waals surface area contributed by atoms with Gasteiger partial charge in [0, 0.05) is 101 Å². The molecular weight excluding hydrogens is 1820 g/mol. The summed E-state index contributed by atoms with van der Waals surface area (Å²) in [6.07, 6.45) is 1.71. The second-order valence-electron chi connectivity index (χ2n) is 44.0. The Morgan fingerprint density at radius 1 is 0.215 bits per heavy atom. The maximum Gasteiger partial charge on any atom is 0.103 e. The fourth-order valence-electron chi connectivity index (χ4n) is 26.3. The van der Waals surface area contributed by atoms with Crippen LogP contribution in [0.3, 0.4) is 0 Å². The van der Waals surface area contributed by atoms with E-state index in [1.54, 1.807) is 0 Å². The van der Waals surface area contributed by atoms with Crippen molar-refractivity contribution < 1.29 is 0 Å². The lowest BCUT2D eigenvalue weighted by molar-refractivity contribution is 0.650. The third-order valence-corrected chi connectivity index (χ3v) is 35.1. The highest BCUT2D eigenvalue weighted by molar-refractivity contribution is 6.07. The summed E-state index contributed by atoms with van der Waals surface area (Å²) in [6.45, 7) is 46.2. The quantitative estimate of drug-likeness (QED) is 0.117. The van der Waals surface area contributed by atoms with E-state index in [0.29, 0.717) is 11.8 Å². The van der Waals surface area contributed by atoms with E-state index in [0.717, 1.165) is 0 Å². The number of benzene rings is 16. The molecule has 0 saturated carbocycles. The van der Waals surface area contributed by atoms with Gasteiger partial charge in [-0.05, 0) is 337 Å². The van der Waals surface area contributed by atoms with Gasteiger partial charge in [0.05, 0.1) is 102 Å². The first kappa shape index (κ1) is 98.3. The molecule has 0 amide bonds. The van der Waals surface area contributed by atoms with Crippen LogP contribution in [0.2, 0.25) is 0 Å². The molecule has 8 atom stereocenters. The Morgan fingerprint density at radius 3 is 0.779 bits per heavy atom. The number of hydrogen-bond donors (Lipinski definition) is 0. The van der Waals surface area contributed by atoms with Crippen LogP contribution in [0.25, 0.3) is 44.2 Å². The van der Waals surface area contributed by atoms with Crippen molar-refractivity contribution in [1.29, 1.82) is 0 Å². The number of para-hydroxylation sites is 16. The smallest absolute Gasteiger partial charge is 0.103 e. The molecule has 0 unspecified atom stereocenters. The highest BCUT2D eigenvalue weighted by Gasteiger charge is 2.48. The predicted octanol–water partition coefficient (Wildman–Crippen LogP) is 33.1. The van der Waals surface area contributed by atoms with Crippen molar-refractivity contribution in [3.63, 3.8) is 0 Å². The largest absolute Gasteiger partial charge is 0.353 e. The zero-order valence-electron chi connectivity index (χ0n) is 92.5. The second kappa shape index (κ2) is 37.8. The first-order valence-electron chi connectivity index (χ1n) is 53.8. The van der Waals surface area contributed by atoms with Gasteiger partial charge >= 0.3 is 0 Å². The highest BCUT2D eigenvalue weighted by Crippen LogP contribution is 2.63. The molecule has 16 nitrogen and oxygen atoms in total. The SMILES string of the molecule is Cc1c(N2c3ccccc3N(C)[C@H]2C)cc(-c2c(C(C)C)cccc2C(C)C)cc1N1c2ccccc2N(C)[C@@H]1C.Cc1c(N2c3ccccc3N(C)[C@H]2C)cc2c(c1N1c3ccccc3N(C)[C@@H]1C)C(C)(C)c1ccccc1-2.Cc1c(N2c3ccccc3N(C)[C@H]2C)cc2ccccc2c1N1c2ccccc2N(C)[C@@H]1C.Cc1cccc(C)c1-c1cc(N2c3ccccc3N(C)[C@H]2C)c(C)c(N2c3ccccc3N(C)[C@@H]2C)c1. The van der Waals surface area contributed by atoms with Crippen LogP contribution in [0, 0.1) is 41.5 Å². The number of nitrogens with zero attached hydrogens (tertiary/aromatic N) is 16. The second-order valence-corrected chi connectivity index (χ2v) is 44.0. The normalized spacial score (nSPS) is 19.1. The lowest BCUT2D eigenvalue weighted by atomic mass is 9.80. The summed E-state index contributed by atoms with van der Waals surface area (Å²) in [5, 5.41) is 2.57. The molecule has 1 aliphatic carbocycles. The predicted molar refractivity (Wildman–Crippen MR) is 640 cm³/mol. The molecule has 9 aliphatic rings. The van der Waals surface area contributed by atoms with Crippen molar-refractivity contribution in [3.05, 3.63) is 371 Å². The Balaban J connectivity index is 0.000000113. The molecule has 8 aliphatic heterocycles. The van der Waals surface area contributed by atoms with Crippen LogP contribution in [0.1, 0.15) is 164 Å². The Labute approximate surface area is 885 Å². The molecule has 0 bridgehead atoms. The standard InChI is InChI=1S/C37H44N4.C34H36N4.C33H36N4.C29H30N4/c1-23(2)29-15-14-16-30(24(3)4)37(29)28-21-35(40-26(6)38(8)31-17-10-12-19-33(31)40)25(5)36(22-28)41-27(7)39(9)32-18-11-13-20-34(32)41;1-21-31(37-22(2)35(6)27-16-10-12-18-29(27)37)20-25-24-14-8-9-15-26(24)34(4,5)32(25)33(21)38-23(3)36(7)28-17-11-13-19-30(28)38;1-21-13-12-14-22(2)33(21)26-19-31(36-24(4)34(6)27-15-8-10-17-29(27)36)23(3)32(20-26)37-25(5)35(7)28-16-9-11-18-30(28)37;1-19-28(32-20(2)30(4)24-14-8-10-16-26(24)32)18-22-12-6-7-13-23(22)29(19)33-21(3)31(5)25-15-9-11-17-27(25)33/h10-24,26-27H,1-9H3;8-20,22-23H,1-7H3;8-20,24-25H,1-7H3;6-18,20-21H,1-5H3/t26-,27+;22-,23+;24-,25+;20-,21+/m.1.1/s1. The van der Waals surface area contributed by atoms with E-state index >= 15 is 0 Å². The van der Waals surface area contributed by atoms with Gasteiger partial charge in [-0.3, -0.25) is 0 Å². The summed E-state index contributed by atoms with van der Waals surface area (Å²) in [7, 11) is 17.6. The Hall–Kier alpha value is -15.4. The summed E-state index contributed by atoms with van der Waals surface area (Å²) < 4.78 is 0. The molecule has 758 valence electrons. The van der Waals surface area contributed by atoms with Crippen molar-refractivity contribution in [1.82, 2.24) is 0 Å². The molecule has 0 saturated heterocycles. The highest BCUT2D eigenvalue weighted by atomic mass is 15.5. The number of fused-ring (bicyclic) bond motifs is 12. The molecule has 0 spiro atoms. The van der Waals surface area contributed by atoms with Gasteiger partial charge in [-0.2, -0.15) is 0 Å². The van der Waals surface area contributed by atoms with Crippen LogP contribution < -0.4 is 78.4 Å². The minimum absolute atomic E-state index is 0.105. The lowest BCUT2D eigenvalue weighted by Crippen LogP contribution is -2.38. The maximum absolute atomic E-state index is 2.59. The molecule has 0 aromatic heterocycles. The molecule has 0 radical (unpaired) electrons. The van der Waals surface area contributed by atoms with Crippen LogP contribution in [0.5, 0.6) is 0 Å².